The minimum atomic E-state index is -0.0238. The molecule has 0 unspecified atom stereocenters. The summed E-state index contributed by atoms with van der Waals surface area (Å²) in [6, 6.07) is 20.9. The number of fused-ring (bicyclic) bond motifs is 1. The topological polar surface area (TPSA) is 69.0 Å². The molecule has 1 aliphatic rings. The van der Waals surface area contributed by atoms with Gasteiger partial charge in [-0.25, -0.2) is 4.68 Å². The van der Waals surface area contributed by atoms with Gasteiger partial charge in [-0.3, -0.25) is 9.88 Å². The summed E-state index contributed by atoms with van der Waals surface area (Å²) in [4.78, 5) is 6.87. The Morgan fingerprint density at radius 3 is 2.70 bits per heavy atom. The Morgan fingerprint density at radius 1 is 0.967 bits per heavy atom. The summed E-state index contributed by atoms with van der Waals surface area (Å²) in [5, 5.41) is 13.9. The van der Waals surface area contributed by atoms with E-state index in [9.17, 15) is 0 Å². The predicted octanol–water partition coefficient (Wildman–Crippen LogP) is 2.89. The van der Waals surface area contributed by atoms with E-state index in [1.807, 2.05) is 23.0 Å². The number of hydrogen-bond acceptors (Lipinski definition) is 6. The van der Waals surface area contributed by atoms with Crippen LogP contribution >= 0.6 is 0 Å². The first kappa shape index (κ1) is 18.8. The lowest BCUT2D eigenvalue weighted by atomic mass is 10.0. The second-order valence-electron chi connectivity index (χ2n) is 7.50. The van der Waals surface area contributed by atoms with Gasteiger partial charge >= 0.3 is 0 Å². The standard InChI is InChI=1S/C23H24N6O/c1-2-5-18(6-3-1)10-12-29-23(25-26-27-29)22(28-13-15-30-16-14-28)20-8-9-21-19(17-20)7-4-11-24-21/h1-9,11,17,22H,10,12-16H2/t22-/m0/s1. The van der Waals surface area contributed by atoms with Crippen molar-refractivity contribution in [1.29, 1.82) is 0 Å². The average molecular weight is 400 g/mol. The highest BCUT2D eigenvalue weighted by Crippen LogP contribution is 2.29. The number of hydrogen-bond donors (Lipinski definition) is 0. The van der Waals surface area contributed by atoms with Crippen LogP contribution in [0.1, 0.15) is 23.0 Å². The van der Waals surface area contributed by atoms with Crippen LogP contribution in [-0.2, 0) is 17.7 Å². The van der Waals surface area contributed by atoms with E-state index in [0.717, 1.165) is 56.0 Å². The van der Waals surface area contributed by atoms with Crippen LogP contribution in [0, 0.1) is 0 Å². The van der Waals surface area contributed by atoms with E-state index in [1.165, 1.54) is 11.1 Å². The molecule has 0 bridgehead atoms. The van der Waals surface area contributed by atoms with Gasteiger partial charge in [-0.2, -0.15) is 0 Å². The zero-order chi connectivity index (χ0) is 20.2. The molecule has 30 heavy (non-hydrogen) atoms. The van der Waals surface area contributed by atoms with E-state index in [4.69, 9.17) is 4.74 Å². The molecule has 4 aromatic rings. The fourth-order valence-electron chi connectivity index (χ4n) is 4.07. The van der Waals surface area contributed by atoms with Gasteiger partial charge < -0.3 is 4.74 Å². The van der Waals surface area contributed by atoms with Gasteiger partial charge in [0.15, 0.2) is 5.82 Å². The van der Waals surface area contributed by atoms with Gasteiger partial charge in [-0.05, 0) is 46.2 Å². The quantitative estimate of drug-likeness (QED) is 0.496. The number of tetrazole rings is 1. The first-order valence-corrected chi connectivity index (χ1v) is 10.3. The van der Waals surface area contributed by atoms with Gasteiger partial charge in [0.25, 0.3) is 0 Å². The van der Waals surface area contributed by atoms with Gasteiger partial charge in [0.1, 0.15) is 0 Å². The smallest absolute Gasteiger partial charge is 0.173 e. The lowest BCUT2D eigenvalue weighted by molar-refractivity contribution is 0.0216. The molecule has 1 fully saturated rings. The first-order chi connectivity index (χ1) is 14.9. The summed E-state index contributed by atoms with van der Waals surface area (Å²) in [5.74, 6) is 0.871. The number of benzene rings is 2. The van der Waals surface area contributed by atoms with E-state index in [-0.39, 0.29) is 6.04 Å². The van der Waals surface area contributed by atoms with Crippen LogP contribution in [0.5, 0.6) is 0 Å². The number of rotatable bonds is 6. The second-order valence-corrected chi connectivity index (χ2v) is 7.50. The molecular weight excluding hydrogens is 376 g/mol. The lowest BCUT2D eigenvalue weighted by Crippen LogP contribution is -2.40. The molecule has 152 valence electrons. The van der Waals surface area contributed by atoms with Gasteiger partial charge in [0, 0.05) is 31.2 Å². The van der Waals surface area contributed by atoms with Gasteiger partial charge in [0.2, 0.25) is 0 Å². The molecule has 0 spiro atoms. The molecule has 7 nitrogen and oxygen atoms in total. The van der Waals surface area contributed by atoms with Crippen molar-refractivity contribution < 1.29 is 4.74 Å². The number of nitrogens with zero attached hydrogens (tertiary/aromatic N) is 6. The minimum Gasteiger partial charge on any atom is -0.379 e. The molecule has 1 aliphatic heterocycles. The van der Waals surface area contributed by atoms with Crippen LogP contribution in [0.15, 0.2) is 66.9 Å². The fraction of sp³-hybridized carbons (Fsp3) is 0.304. The molecule has 0 N–H and O–H groups in total. The van der Waals surface area contributed by atoms with Crippen molar-refractivity contribution in [3.8, 4) is 0 Å². The maximum atomic E-state index is 5.60. The van der Waals surface area contributed by atoms with Crippen molar-refractivity contribution in [1.82, 2.24) is 30.1 Å². The molecule has 3 heterocycles. The Bertz CT molecular complexity index is 1110. The van der Waals surface area contributed by atoms with Gasteiger partial charge in [0.05, 0.1) is 24.8 Å². The van der Waals surface area contributed by atoms with Crippen LogP contribution < -0.4 is 0 Å². The summed E-state index contributed by atoms with van der Waals surface area (Å²) < 4.78 is 7.54. The van der Waals surface area contributed by atoms with Crippen molar-refractivity contribution in [3.05, 3.63) is 83.8 Å². The number of morpholine rings is 1. The van der Waals surface area contributed by atoms with E-state index in [2.05, 4.69) is 73.9 Å². The van der Waals surface area contributed by atoms with Crippen LogP contribution in [-0.4, -0.2) is 56.4 Å². The molecule has 1 atom stereocenters. The Balaban J connectivity index is 1.50. The molecule has 7 heteroatoms. The number of aryl methyl sites for hydroxylation is 2. The molecule has 5 rings (SSSR count). The van der Waals surface area contributed by atoms with Crippen molar-refractivity contribution in [2.24, 2.45) is 0 Å². The summed E-state index contributed by atoms with van der Waals surface area (Å²) in [5.41, 5.74) is 3.44. The Kier molecular flexibility index (Phi) is 5.46. The van der Waals surface area contributed by atoms with Crippen LogP contribution in [0.3, 0.4) is 0 Å². The summed E-state index contributed by atoms with van der Waals surface area (Å²) in [6.07, 6.45) is 2.71. The second kappa shape index (κ2) is 8.69. The van der Waals surface area contributed by atoms with Crippen molar-refractivity contribution in [2.75, 3.05) is 26.3 Å². The fourth-order valence-corrected chi connectivity index (χ4v) is 4.07. The van der Waals surface area contributed by atoms with Crippen LogP contribution in [0.25, 0.3) is 10.9 Å². The van der Waals surface area contributed by atoms with E-state index < -0.39 is 0 Å². The Morgan fingerprint density at radius 2 is 1.83 bits per heavy atom. The lowest BCUT2D eigenvalue weighted by Gasteiger charge is -2.34. The predicted molar refractivity (Wildman–Crippen MR) is 114 cm³/mol. The van der Waals surface area contributed by atoms with E-state index in [1.54, 1.807) is 0 Å². The summed E-state index contributed by atoms with van der Waals surface area (Å²) in [7, 11) is 0. The molecule has 2 aromatic heterocycles. The van der Waals surface area contributed by atoms with Crippen molar-refractivity contribution in [3.63, 3.8) is 0 Å². The Labute approximate surface area is 175 Å². The van der Waals surface area contributed by atoms with Crippen LogP contribution in [0.2, 0.25) is 0 Å². The maximum Gasteiger partial charge on any atom is 0.173 e. The highest BCUT2D eigenvalue weighted by molar-refractivity contribution is 5.79. The summed E-state index contributed by atoms with van der Waals surface area (Å²) in [6.45, 7) is 3.87. The van der Waals surface area contributed by atoms with Crippen LogP contribution in [0.4, 0.5) is 0 Å². The number of pyridine rings is 1. The molecule has 0 aliphatic carbocycles. The highest BCUT2D eigenvalue weighted by atomic mass is 16.5. The SMILES string of the molecule is c1ccc(CCn2nnnc2[C@H](c2ccc3ncccc3c2)N2CCOCC2)cc1. The first-order valence-electron chi connectivity index (χ1n) is 10.3. The van der Waals surface area contributed by atoms with Crippen molar-refractivity contribution >= 4 is 10.9 Å². The molecular formula is C23H24N6O. The van der Waals surface area contributed by atoms with Crippen molar-refractivity contribution in [2.45, 2.75) is 19.0 Å². The number of aromatic nitrogens is 5. The van der Waals surface area contributed by atoms with E-state index >= 15 is 0 Å². The zero-order valence-electron chi connectivity index (χ0n) is 16.8. The third kappa shape index (κ3) is 3.94. The van der Waals surface area contributed by atoms with Gasteiger partial charge in [-0.1, -0.05) is 42.5 Å². The van der Waals surface area contributed by atoms with Gasteiger partial charge in [-0.15, -0.1) is 5.10 Å². The normalized spacial score (nSPS) is 16.0. The maximum absolute atomic E-state index is 5.60. The molecule has 1 saturated heterocycles. The largest absolute Gasteiger partial charge is 0.379 e. The molecule has 2 aromatic carbocycles. The average Bonchev–Trinajstić information content (AvgIpc) is 3.27. The Hall–Kier alpha value is -3.16. The molecule has 0 saturated carbocycles. The third-order valence-electron chi connectivity index (χ3n) is 5.61. The minimum absolute atomic E-state index is 0.0238. The third-order valence-corrected chi connectivity index (χ3v) is 5.61. The molecule has 0 radical (unpaired) electrons. The summed E-state index contributed by atoms with van der Waals surface area (Å²) >= 11 is 0. The zero-order valence-corrected chi connectivity index (χ0v) is 16.8. The van der Waals surface area contributed by atoms with E-state index in [0.29, 0.717) is 0 Å². The molecule has 0 amide bonds. The number of ether oxygens (including phenoxy) is 1. The monoisotopic (exact) mass is 400 g/mol. The highest BCUT2D eigenvalue weighted by Gasteiger charge is 2.29.